The van der Waals surface area contributed by atoms with Crippen LogP contribution in [0.15, 0.2) is 72.8 Å². The number of tetrazole rings is 1. The van der Waals surface area contributed by atoms with Crippen molar-refractivity contribution in [2.75, 3.05) is 25.0 Å². The second-order valence-corrected chi connectivity index (χ2v) is 14.6. The molecule has 4 aromatic rings. The van der Waals surface area contributed by atoms with Crippen molar-refractivity contribution in [2.24, 2.45) is 11.8 Å². The normalized spacial score (nSPS) is 18.4. The molecule has 54 heavy (non-hydrogen) atoms. The number of H-pyrrole nitrogens is 1. The van der Waals surface area contributed by atoms with E-state index in [0.717, 1.165) is 61.0 Å². The van der Waals surface area contributed by atoms with Crippen LogP contribution in [-0.2, 0) is 16.0 Å². The van der Waals surface area contributed by atoms with Gasteiger partial charge in [-0.2, -0.15) is 0 Å². The van der Waals surface area contributed by atoms with Gasteiger partial charge in [0.1, 0.15) is 6.04 Å². The maximum absolute atomic E-state index is 13.9. The minimum Gasteiger partial charge on any atom is -0.465 e. The largest absolute Gasteiger partial charge is 0.465 e. The van der Waals surface area contributed by atoms with E-state index >= 15 is 0 Å². The molecule has 0 unspecified atom stereocenters. The monoisotopic (exact) mass is 735 g/mol. The Labute approximate surface area is 314 Å². The van der Waals surface area contributed by atoms with Gasteiger partial charge in [-0.15, -0.1) is 5.10 Å². The van der Waals surface area contributed by atoms with E-state index in [1.54, 1.807) is 24.3 Å². The van der Waals surface area contributed by atoms with Crippen LogP contribution in [-0.4, -0.2) is 92.2 Å². The van der Waals surface area contributed by atoms with E-state index < -0.39 is 12.1 Å². The second-order valence-electron chi connectivity index (χ2n) is 14.6. The minimum absolute atomic E-state index is 0.0897. The van der Waals surface area contributed by atoms with E-state index in [1.807, 2.05) is 48.5 Å². The molecule has 14 nitrogen and oxygen atoms in total. The molecular formula is C40H49N9O5. The van der Waals surface area contributed by atoms with Crippen LogP contribution in [0.5, 0.6) is 0 Å². The zero-order valence-electron chi connectivity index (χ0n) is 30.8. The molecule has 1 atom stereocenters. The summed E-state index contributed by atoms with van der Waals surface area (Å²) in [6.07, 6.45) is 3.70. The Kier molecular flexibility index (Phi) is 12.7. The number of anilines is 1. The van der Waals surface area contributed by atoms with Gasteiger partial charge in [0.25, 0.3) is 5.91 Å². The zero-order chi connectivity index (χ0) is 38.0. The van der Waals surface area contributed by atoms with Crippen molar-refractivity contribution in [3.05, 3.63) is 83.9 Å². The van der Waals surface area contributed by atoms with Crippen LogP contribution in [0, 0.1) is 11.8 Å². The van der Waals surface area contributed by atoms with Gasteiger partial charge in [-0.1, -0.05) is 36.4 Å². The molecule has 1 aliphatic heterocycles. The average molecular weight is 736 g/mol. The highest BCUT2D eigenvalue weighted by Gasteiger charge is 2.30. The van der Waals surface area contributed by atoms with Gasteiger partial charge in [-0.05, 0) is 122 Å². The molecular weight excluding hydrogens is 686 g/mol. The highest BCUT2D eigenvalue weighted by Crippen LogP contribution is 2.29. The number of aromatic nitrogens is 4. The summed E-state index contributed by atoms with van der Waals surface area (Å²) < 4.78 is 0. The van der Waals surface area contributed by atoms with E-state index in [-0.39, 0.29) is 42.0 Å². The lowest BCUT2D eigenvalue weighted by molar-refractivity contribution is -0.130. The lowest BCUT2D eigenvalue weighted by atomic mass is 9.81. The molecule has 1 saturated carbocycles. The van der Waals surface area contributed by atoms with Gasteiger partial charge in [0.05, 0.1) is 0 Å². The van der Waals surface area contributed by atoms with Gasteiger partial charge in [0.2, 0.25) is 11.8 Å². The molecule has 14 heteroatoms. The van der Waals surface area contributed by atoms with Gasteiger partial charge in [0, 0.05) is 60.9 Å². The first-order valence-corrected chi connectivity index (χ1v) is 18.8. The number of piperidine rings is 1. The molecule has 284 valence electrons. The Balaban J connectivity index is 1.14. The van der Waals surface area contributed by atoms with Crippen molar-refractivity contribution in [2.45, 2.75) is 76.9 Å². The van der Waals surface area contributed by atoms with E-state index in [1.165, 1.54) is 0 Å². The lowest BCUT2D eigenvalue weighted by Crippen LogP contribution is -2.48. The van der Waals surface area contributed by atoms with E-state index in [4.69, 9.17) is 5.11 Å². The van der Waals surface area contributed by atoms with Crippen molar-refractivity contribution in [1.29, 1.82) is 0 Å². The van der Waals surface area contributed by atoms with Crippen LogP contribution >= 0.6 is 0 Å². The minimum atomic E-state index is -1.05. The molecule has 0 bridgehead atoms. The number of nitrogens with one attached hydrogen (secondary N) is 5. The molecule has 3 aromatic carbocycles. The number of hydrogen-bond donors (Lipinski definition) is 6. The molecule has 1 saturated heterocycles. The molecule has 1 aliphatic carbocycles. The highest BCUT2D eigenvalue weighted by molar-refractivity contribution is 5.98. The molecule has 0 spiro atoms. The molecule has 6 rings (SSSR count). The number of nitrogens with zero attached hydrogens (tertiary/aromatic N) is 4. The van der Waals surface area contributed by atoms with Crippen molar-refractivity contribution in [3.63, 3.8) is 0 Å². The van der Waals surface area contributed by atoms with Gasteiger partial charge in [-0.25, -0.2) is 9.89 Å². The smallest absolute Gasteiger partial charge is 0.404 e. The van der Waals surface area contributed by atoms with Crippen molar-refractivity contribution >= 4 is 29.5 Å². The van der Waals surface area contributed by atoms with Gasteiger partial charge in [0.15, 0.2) is 5.82 Å². The third kappa shape index (κ3) is 10.3. The maximum Gasteiger partial charge on any atom is 0.404 e. The second kappa shape index (κ2) is 17.9. The highest BCUT2D eigenvalue weighted by atomic mass is 16.4. The number of carbonyl (C=O) groups is 4. The first-order valence-electron chi connectivity index (χ1n) is 18.8. The van der Waals surface area contributed by atoms with Gasteiger partial charge in [-0.3, -0.25) is 14.4 Å². The quantitative estimate of drug-likeness (QED) is 0.111. The maximum atomic E-state index is 13.9. The SMILES string of the molecule is CC(C)N1CCC(NC(=O)c2cccc(-c3cccc(C[C@H](NC(=O)[C@H]4CC[C@H](CNC(=O)O)CC4)C(=O)Nc4ccc(-c5nnn[nH]5)cc4)c3)c2)CC1. The fraction of sp³-hybridized carbons (Fsp3) is 0.425. The van der Waals surface area contributed by atoms with Crippen LogP contribution in [0.3, 0.4) is 0 Å². The van der Waals surface area contributed by atoms with E-state index in [9.17, 15) is 19.2 Å². The van der Waals surface area contributed by atoms with Gasteiger partial charge >= 0.3 is 6.09 Å². The van der Waals surface area contributed by atoms with Crippen LogP contribution in [0.4, 0.5) is 10.5 Å². The number of likely N-dealkylation sites (tertiary alicyclic amines) is 1. The summed E-state index contributed by atoms with van der Waals surface area (Å²) in [6.45, 7) is 6.70. The summed E-state index contributed by atoms with van der Waals surface area (Å²) in [4.78, 5) is 54.2. The molecule has 4 amide bonds. The number of amides is 4. The van der Waals surface area contributed by atoms with Crippen LogP contribution < -0.4 is 21.3 Å². The topological polar surface area (TPSA) is 194 Å². The lowest BCUT2D eigenvalue weighted by Gasteiger charge is -2.34. The molecule has 0 radical (unpaired) electrons. The summed E-state index contributed by atoms with van der Waals surface area (Å²) in [7, 11) is 0. The average Bonchev–Trinajstić information content (AvgIpc) is 3.73. The Morgan fingerprint density at radius 3 is 2.24 bits per heavy atom. The zero-order valence-corrected chi connectivity index (χ0v) is 30.8. The van der Waals surface area contributed by atoms with Crippen LogP contribution in [0.25, 0.3) is 22.5 Å². The summed E-state index contributed by atoms with van der Waals surface area (Å²) in [5, 5.41) is 34.5. The fourth-order valence-electron chi connectivity index (χ4n) is 7.36. The summed E-state index contributed by atoms with van der Waals surface area (Å²) >= 11 is 0. The van der Waals surface area contributed by atoms with E-state index in [0.29, 0.717) is 42.5 Å². The van der Waals surface area contributed by atoms with E-state index in [2.05, 4.69) is 60.6 Å². The summed E-state index contributed by atoms with van der Waals surface area (Å²) in [5.74, 6) is -0.250. The third-order valence-electron chi connectivity index (χ3n) is 10.6. The first-order chi connectivity index (χ1) is 26.1. The first kappa shape index (κ1) is 38.1. The third-order valence-corrected chi connectivity index (χ3v) is 10.6. The number of carboxylic acid groups (broad SMARTS) is 1. The molecule has 6 N–H and O–H groups in total. The Bertz CT molecular complexity index is 1880. The van der Waals surface area contributed by atoms with Crippen LogP contribution in [0.2, 0.25) is 0 Å². The molecule has 2 aliphatic rings. The summed E-state index contributed by atoms with van der Waals surface area (Å²) in [6, 6.07) is 22.2. The molecule has 1 aromatic heterocycles. The summed E-state index contributed by atoms with van der Waals surface area (Å²) in [5.41, 5.74) is 4.51. The Morgan fingerprint density at radius 1 is 0.870 bits per heavy atom. The number of rotatable bonds is 13. The van der Waals surface area contributed by atoms with Crippen molar-refractivity contribution < 1.29 is 24.3 Å². The number of aromatic amines is 1. The predicted octanol–water partition coefficient (Wildman–Crippen LogP) is 4.88. The predicted molar refractivity (Wildman–Crippen MR) is 204 cm³/mol. The van der Waals surface area contributed by atoms with Crippen LogP contribution in [0.1, 0.15) is 68.3 Å². The Morgan fingerprint density at radius 2 is 1.57 bits per heavy atom. The number of benzene rings is 3. The Hall–Kier alpha value is -5.63. The number of hydrogen-bond acceptors (Lipinski definition) is 8. The fourth-order valence-corrected chi connectivity index (χ4v) is 7.36. The van der Waals surface area contributed by atoms with Crippen molar-refractivity contribution in [3.8, 4) is 22.5 Å². The molecule has 2 heterocycles. The van der Waals surface area contributed by atoms with Crippen molar-refractivity contribution in [1.82, 2.24) is 41.5 Å². The molecule has 2 fully saturated rings. The number of carbonyl (C=O) groups excluding carboxylic acids is 3. The standard InChI is InChI=1S/C40H49N9O5/c1-25(2)49-19-17-34(18-20-49)42-38(51)32-8-4-7-31(23-32)30-6-3-5-27(21-30)22-35(44-37(50)29-11-9-26(10-12-29)24-41-40(53)54)39(52)43-33-15-13-28(14-16-33)36-45-47-48-46-36/h3-8,13-16,21,23,25-26,29,34-35,41H,9-12,17-20,22,24H2,1-2H3,(H,42,51)(H,43,52)(H,44,50)(H,53,54)(H,45,46,47,48)/t26-,29-,35-/m0/s1. The van der Waals surface area contributed by atoms with Gasteiger partial charge < -0.3 is 31.3 Å².